The summed E-state index contributed by atoms with van der Waals surface area (Å²) < 4.78 is 21.2. The number of amides is 1. The molecule has 1 N–H and O–H groups in total. The number of carbonyl (C=O) groups excluding carboxylic acids is 2. The Labute approximate surface area is 190 Å². The van der Waals surface area contributed by atoms with Crippen LogP contribution in [0.3, 0.4) is 0 Å². The second-order valence-corrected chi connectivity index (χ2v) is 7.37. The maximum Gasteiger partial charge on any atom is 0.290 e. The molecule has 8 nitrogen and oxygen atoms in total. The van der Waals surface area contributed by atoms with Crippen LogP contribution in [0.25, 0.3) is 0 Å². The predicted molar refractivity (Wildman–Crippen MR) is 119 cm³/mol. The van der Waals surface area contributed by atoms with E-state index in [4.69, 9.17) is 18.6 Å². The van der Waals surface area contributed by atoms with Gasteiger partial charge in [0.2, 0.25) is 5.78 Å². The Morgan fingerprint density at radius 3 is 2.45 bits per heavy atom. The molecule has 1 aliphatic rings. The van der Waals surface area contributed by atoms with E-state index in [0.717, 1.165) is 5.56 Å². The molecule has 33 heavy (non-hydrogen) atoms. The van der Waals surface area contributed by atoms with E-state index in [1.54, 1.807) is 48.5 Å². The number of furan rings is 1. The fraction of sp³-hybridized carbons (Fsp3) is 0.200. The van der Waals surface area contributed by atoms with Crippen molar-refractivity contribution in [2.45, 2.75) is 12.6 Å². The van der Waals surface area contributed by atoms with Crippen LogP contribution < -0.4 is 14.2 Å². The normalized spacial score (nSPS) is 15.7. The van der Waals surface area contributed by atoms with Gasteiger partial charge in [0.25, 0.3) is 5.91 Å². The van der Waals surface area contributed by atoms with E-state index in [1.165, 1.54) is 38.6 Å². The van der Waals surface area contributed by atoms with E-state index in [-0.39, 0.29) is 17.9 Å². The van der Waals surface area contributed by atoms with Crippen LogP contribution in [0.2, 0.25) is 0 Å². The maximum atomic E-state index is 13.2. The first-order valence-corrected chi connectivity index (χ1v) is 10.2. The maximum absolute atomic E-state index is 13.2. The van der Waals surface area contributed by atoms with E-state index < -0.39 is 23.5 Å². The molecule has 1 aromatic heterocycles. The molecule has 1 unspecified atom stereocenters. The van der Waals surface area contributed by atoms with Gasteiger partial charge in [-0.15, -0.1) is 0 Å². The van der Waals surface area contributed by atoms with Crippen LogP contribution in [0.15, 0.2) is 76.6 Å². The van der Waals surface area contributed by atoms with Crippen molar-refractivity contribution in [2.24, 2.45) is 0 Å². The van der Waals surface area contributed by atoms with Gasteiger partial charge in [-0.1, -0.05) is 18.2 Å². The van der Waals surface area contributed by atoms with Crippen molar-refractivity contribution in [3.8, 4) is 17.2 Å². The smallest absolute Gasteiger partial charge is 0.290 e. The lowest BCUT2D eigenvalue weighted by Gasteiger charge is -2.27. The predicted octanol–water partition coefficient (Wildman–Crippen LogP) is 4.08. The van der Waals surface area contributed by atoms with Gasteiger partial charge in [0.05, 0.1) is 39.2 Å². The number of methoxy groups -OCH3 is 3. The van der Waals surface area contributed by atoms with Gasteiger partial charge in [0, 0.05) is 6.54 Å². The quantitative estimate of drug-likeness (QED) is 0.517. The fourth-order valence-corrected chi connectivity index (χ4v) is 3.92. The molecule has 0 spiro atoms. The molecule has 8 heteroatoms. The summed E-state index contributed by atoms with van der Waals surface area (Å²) in [5.41, 5.74) is 1.29. The van der Waals surface area contributed by atoms with Gasteiger partial charge in [-0.2, -0.15) is 0 Å². The lowest BCUT2D eigenvalue weighted by Crippen LogP contribution is -2.30. The first kappa shape index (κ1) is 22.0. The average Bonchev–Trinajstić information content (AvgIpc) is 3.47. The summed E-state index contributed by atoms with van der Waals surface area (Å²) in [6.07, 6.45) is 1.36. The highest BCUT2D eigenvalue weighted by atomic mass is 16.5. The van der Waals surface area contributed by atoms with Crippen LogP contribution in [0, 0.1) is 0 Å². The highest BCUT2D eigenvalue weighted by Crippen LogP contribution is 2.41. The molecule has 1 atom stereocenters. The molecule has 170 valence electrons. The van der Waals surface area contributed by atoms with Crippen LogP contribution >= 0.6 is 0 Å². The Morgan fingerprint density at radius 2 is 1.79 bits per heavy atom. The van der Waals surface area contributed by atoms with E-state index in [2.05, 4.69) is 0 Å². The fourth-order valence-electron chi connectivity index (χ4n) is 3.92. The second-order valence-electron chi connectivity index (χ2n) is 7.37. The zero-order valence-electron chi connectivity index (χ0n) is 18.4. The molecule has 3 aromatic rings. The molecule has 2 aromatic carbocycles. The zero-order valence-corrected chi connectivity index (χ0v) is 18.4. The summed E-state index contributed by atoms with van der Waals surface area (Å²) in [7, 11) is 4.59. The van der Waals surface area contributed by atoms with Crippen LogP contribution in [0.4, 0.5) is 0 Å². The highest BCUT2D eigenvalue weighted by molar-refractivity contribution is 6.15. The monoisotopic (exact) mass is 449 g/mol. The molecule has 0 saturated heterocycles. The molecular weight excluding hydrogens is 426 g/mol. The first-order valence-electron chi connectivity index (χ1n) is 10.2. The van der Waals surface area contributed by atoms with E-state index in [0.29, 0.717) is 22.8 Å². The van der Waals surface area contributed by atoms with Gasteiger partial charge in [-0.3, -0.25) is 9.59 Å². The Bertz CT molecular complexity index is 1210. The Balaban J connectivity index is 1.79. The first-order chi connectivity index (χ1) is 16.0. The van der Waals surface area contributed by atoms with Crippen LogP contribution in [0.5, 0.6) is 17.2 Å². The third kappa shape index (κ3) is 4.03. The Kier molecular flexibility index (Phi) is 6.08. The summed E-state index contributed by atoms with van der Waals surface area (Å²) in [5.74, 6) is -0.185. The number of hydrogen-bond donors (Lipinski definition) is 1. The van der Waals surface area contributed by atoms with Crippen LogP contribution in [-0.2, 0) is 11.3 Å². The Morgan fingerprint density at radius 1 is 1.00 bits per heavy atom. The average molecular weight is 449 g/mol. The highest BCUT2D eigenvalue weighted by Gasteiger charge is 2.44. The number of benzene rings is 2. The molecule has 0 bridgehead atoms. The molecule has 0 saturated carbocycles. The van der Waals surface area contributed by atoms with Crippen molar-refractivity contribution in [3.05, 3.63) is 89.1 Å². The van der Waals surface area contributed by atoms with Crippen molar-refractivity contribution < 1.29 is 33.3 Å². The topological polar surface area (TPSA) is 98.4 Å². The molecule has 4 rings (SSSR count). The van der Waals surface area contributed by atoms with Crippen molar-refractivity contribution in [2.75, 3.05) is 21.3 Å². The SMILES string of the molecule is COc1cccc(C2C(C(=O)c3ccco3)=C(O)C(=O)N2Cc2ccc(OC)c(OC)c2)c1. The Hall–Kier alpha value is -4.20. The molecular formula is C25H23NO7. The largest absolute Gasteiger partial charge is 0.503 e. The van der Waals surface area contributed by atoms with E-state index >= 15 is 0 Å². The summed E-state index contributed by atoms with van der Waals surface area (Å²) in [4.78, 5) is 27.8. The molecule has 2 heterocycles. The number of aliphatic hydroxyl groups excluding tert-OH is 1. The summed E-state index contributed by atoms with van der Waals surface area (Å²) >= 11 is 0. The number of ketones is 1. The number of aliphatic hydroxyl groups is 1. The van der Waals surface area contributed by atoms with Crippen molar-refractivity contribution in [1.82, 2.24) is 4.90 Å². The number of nitrogens with zero attached hydrogens (tertiary/aromatic N) is 1. The van der Waals surface area contributed by atoms with Gasteiger partial charge in [0.1, 0.15) is 5.75 Å². The number of Topliss-reactive ketones (excluding diaryl/α,β-unsaturated/α-hetero) is 1. The third-order valence-corrected chi connectivity index (χ3v) is 5.50. The van der Waals surface area contributed by atoms with E-state index in [9.17, 15) is 14.7 Å². The zero-order chi connectivity index (χ0) is 23.5. The van der Waals surface area contributed by atoms with Gasteiger partial charge in [-0.05, 0) is 47.5 Å². The van der Waals surface area contributed by atoms with Gasteiger partial charge in [-0.25, -0.2) is 0 Å². The lowest BCUT2D eigenvalue weighted by molar-refractivity contribution is -0.130. The number of ether oxygens (including phenoxy) is 3. The van der Waals surface area contributed by atoms with Gasteiger partial charge in [0.15, 0.2) is 23.0 Å². The second kappa shape index (κ2) is 9.12. The van der Waals surface area contributed by atoms with E-state index in [1.807, 2.05) is 0 Å². The number of rotatable bonds is 8. The third-order valence-electron chi connectivity index (χ3n) is 5.50. The van der Waals surface area contributed by atoms with Crippen molar-refractivity contribution >= 4 is 11.7 Å². The minimum Gasteiger partial charge on any atom is -0.503 e. The minimum absolute atomic E-state index is 0.0326. The molecule has 0 aliphatic carbocycles. The van der Waals surface area contributed by atoms with Crippen LogP contribution in [0.1, 0.15) is 27.7 Å². The van der Waals surface area contributed by atoms with Gasteiger partial charge < -0.3 is 28.6 Å². The van der Waals surface area contributed by atoms with Crippen molar-refractivity contribution in [3.63, 3.8) is 0 Å². The van der Waals surface area contributed by atoms with Crippen molar-refractivity contribution in [1.29, 1.82) is 0 Å². The summed E-state index contributed by atoms with van der Waals surface area (Å²) in [6.45, 7) is 0.111. The molecule has 1 aliphatic heterocycles. The number of hydrogen-bond acceptors (Lipinski definition) is 7. The van der Waals surface area contributed by atoms with Crippen LogP contribution in [-0.4, -0.2) is 43.0 Å². The minimum atomic E-state index is -0.849. The molecule has 0 fully saturated rings. The van der Waals surface area contributed by atoms with Gasteiger partial charge >= 0.3 is 0 Å². The summed E-state index contributed by atoms with van der Waals surface area (Å²) in [6, 6.07) is 14.5. The lowest BCUT2D eigenvalue weighted by atomic mass is 9.94. The molecule has 0 radical (unpaired) electrons. The standard InChI is InChI=1S/C25H23NO7/c1-30-17-7-4-6-16(13-17)22-21(23(27)19-8-5-11-33-19)24(28)25(29)26(22)14-15-9-10-18(31-2)20(12-15)32-3/h4-13,22,28H,14H2,1-3H3. The number of carbonyl (C=O) groups is 2. The molecule has 1 amide bonds. The summed E-state index contributed by atoms with van der Waals surface area (Å²) in [5, 5.41) is 10.8.